The van der Waals surface area contributed by atoms with E-state index in [1.54, 1.807) is 36.4 Å². The molecule has 3 aromatic rings. The van der Waals surface area contributed by atoms with Crippen molar-refractivity contribution < 1.29 is 24.2 Å². The Labute approximate surface area is 212 Å². The lowest BCUT2D eigenvalue weighted by Crippen LogP contribution is -2.40. The second-order valence-corrected chi connectivity index (χ2v) is 8.97. The second-order valence-electron chi connectivity index (χ2n) is 8.13. The SMILES string of the molecule is CC(=O)Nc1ccc(Cl)c(CN2C(=O)C(CC(=O)O)O[C@@H](c3ccccc3)c3cc(Cl)ccc32)c1. The van der Waals surface area contributed by atoms with Crippen molar-refractivity contribution in [2.24, 2.45) is 0 Å². The highest BCUT2D eigenvalue weighted by Crippen LogP contribution is 2.41. The summed E-state index contributed by atoms with van der Waals surface area (Å²) in [6, 6.07) is 19.3. The first kappa shape index (κ1) is 24.7. The number of fused-ring (bicyclic) bond motifs is 1. The average Bonchev–Trinajstić information content (AvgIpc) is 2.91. The Morgan fingerprint density at radius 3 is 2.49 bits per heavy atom. The molecule has 180 valence electrons. The number of hydrogen-bond donors (Lipinski definition) is 2. The van der Waals surface area contributed by atoms with Crippen LogP contribution in [-0.4, -0.2) is 29.0 Å². The number of halogens is 2. The lowest BCUT2D eigenvalue weighted by atomic mass is 9.99. The first-order chi connectivity index (χ1) is 16.7. The van der Waals surface area contributed by atoms with Crippen molar-refractivity contribution in [3.05, 3.63) is 93.5 Å². The summed E-state index contributed by atoms with van der Waals surface area (Å²) in [5.41, 5.74) is 3.00. The predicted octanol–water partition coefficient (Wildman–Crippen LogP) is 5.45. The van der Waals surface area contributed by atoms with Crippen molar-refractivity contribution in [3.63, 3.8) is 0 Å². The number of amides is 2. The van der Waals surface area contributed by atoms with E-state index in [4.69, 9.17) is 27.9 Å². The van der Waals surface area contributed by atoms with Crippen LogP contribution >= 0.6 is 23.2 Å². The molecular formula is C26H22Cl2N2O5. The number of nitrogens with zero attached hydrogens (tertiary/aromatic N) is 1. The highest BCUT2D eigenvalue weighted by atomic mass is 35.5. The minimum atomic E-state index is -1.25. The summed E-state index contributed by atoms with van der Waals surface area (Å²) >= 11 is 12.8. The Kier molecular flexibility index (Phi) is 7.40. The van der Waals surface area contributed by atoms with Crippen LogP contribution in [0.4, 0.5) is 11.4 Å². The summed E-state index contributed by atoms with van der Waals surface area (Å²) in [6.07, 6.45) is -2.48. The maximum absolute atomic E-state index is 13.7. The van der Waals surface area contributed by atoms with Gasteiger partial charge in [-0.05, 0) is 47.5 Å². The van der Waals surface area contributed by atoms with E-state index in [2.05, 4.69) is 5.32 Å². The van der Waals surface area contributed by atoms with Crippen LogP contribution in [-0.2, 0) is 25.7 Å². The maximum atomic E-state index is 13.7. The van der Waals surface area contributed by atoms with Crippen molar-refractivity contribution in [2.75, 3.05) is 10.2 Å². The molecular weight excluding hydrogens is 491 g/mol. The summed E-state index contributed by atoms with van der Waals surface area (Å²) in [7, 11) is 0. The lowest BCUT2D eigenvalue weighted by Gasteiger charge is -2.25. The van der Waals surface area contributed by atoms with E-state index in [0.29, 0.717) is 32.5 Å². The van der Waals surface area contributed by atoms with Crippen LogP contribution in [0.5, 0.6) is 0 Å². The molecule has 1 heterocycles. The van der Waals surface area contributed by atoms with E-state index >= 15 is 0 Å². The molecule has 2 atom stereocenters. The fraction of sp³-hybridized carbons (Fsp3) is 0.192. The molecule has 0 bridgehead atoms. The van der Waals surface area contributed by atoms with Crippen LogP contribution in [0.2, 0.25) is 10.0 Å². The molecule has 1 aliphatic heterocycles. The highest BCUT2D eigenvalue weighted by Gasteiger charge is 2.38. The van der Waals surface area contributed by atoms with Gasteiger partial charge in [-0.25, -0.2) is 0 Å². The second kappa shape index (κ2) is 10.5. The van der Waals surface area contributed by atoms with Crippen molar-refractivity contribution in [1.82, 2.24) is 0 Å². The number of aliphatic carboxylic acids is 1. The molecule has 2 amide bonds. The van der Waals surface area contributed by atoms with Gasteiger partial charge in [-0.2, -0.15) is 0 Å². The van der Waals surface area contributed by atoms with E-state index in [9.17, 15) is 19.5 Å². The van der Waals surface area contributed by atoms with Gasteiger partial charge in [-0.15, -0.1) is 0 Å². The molecule has 0 aromatic heterocycles. The monoisotopic (exact) mass is 512 g/mol. The van der Waals surface area contributed by atoms with Crippen LogP contribution in [0, 0.1) is 0 Å². The zero-order chi connectivity index (χ0) is 25.1. The Morgan fingerprint density at radius 1 is 1.06 bits per heavy atom. The molecule has 0 radical (unpaired) electrons. The van der Waals surface area contributed by atoms with Gasteiger partial charge >= 0.3 is 5.97 Å². The smallest absolute Gasteiger partial charge is 0.306 e. The molecule has 7 nitrogen and oxygen atoms in total. The average molecular weight is 513 g/mol. The predicted molar refractivity (Wildman–Crippen MR) is 134 cm³/mol. The molecule has 4 rings (SSSR count). The van der Waals surface area contributed by atoms with E-state index in [1.165, 1.54) is 11.8 Å². The fourth-order valence-electron chi connectivity index (χ4n) is 4.06. The first-order valence-corrected chi connectivity index (χ1v) is 11.6. The minimum Gasteiger partial charge on any atom is -0.481 e. The molecule has 0 spiro atoms. The number of carboxylic acid groups (broad SMARTS) is 1. The zero-order valence-electron chi connectivity index (χ0n) is 18.7. The molecule has 9 heteroatoms. The molecule has 0 saturated heterocycles. The molecule has 3 aromatic carbocycles. The molecule has 1 aliphatic rings. The van der Waals surface area contributed by atoms with E-state index in [-0.39, 0.29) is 12.5 Å². The number of ether oxygens (including phenoxy) is 1. The normalized spacial score (nSPS) is 17.5. The Bertz CT molecular complexity index is 1280. The van der Waals surface area contributed by atoms with Crippen molar-refractivity contribution in [2.45, 2.75) is 32.1 Å². The quantitative estimate of drug-likeness (QED) is 0.457. The highest BCUT2D eigenvalue weighted by molar-refractivity contribution is 6.31. The number of hydrogen-bond acceptors (Lipinski definition) is 4. The van der Waals surface area contributed by atoms with Crippen LogP contribution in [0.1, 0.15) is 36.1 Å². The van der Waals surface area contributed by atoms with Crippen molar-refractivity contribution >= 4 is 52.4 Å². The maximum Gasteiger partial charge on any atom is 0.306 e. The van der Waals surface area contributed by atoms with E-state index in [1.807, 2.05) is 30.3 Å². The van der Waals surface area contributed by atoms with Crippen molar-refractivity contribution in [3.8, 4) is 0 Å². The Balaban J connectivity index is 1.84. The molecule has 2 N–H and O–H groups in total. The summed E-state index contributed by atoms with van der Waals surface area (Å²) < 4.78 is 6.16. The number of carbonyl (C=O) groups excluding carboxylic acids is 2. The first-order valence-electron chi connectivity index (χ1n) is 10.8. The van der Waals surface area contributed by atoms with Gasteiger partial charge in [0.05, 0.1) is 18.7 Å². The Morgan fingerprint density at radius 2 is 1.80 bits per heavy atom. The van der Waals surface area contributed by atoms with Gasteiger partial charge in [0.25, 0.3) is 5.91 Å². The third-order valence-electron chi connectivity index (χ3n) is 5.56. The molecule has 0 fully saturated rings. The van der Waals surface area contributed by atoms with Crippen LogP contribution in [0.25, 0.3) is 0 Å². The van der Waals surface area contributed by atoms with E-state index in [0.717, 1.165) is 5.56 Å². The van der Waals surface area contributed by atoms with Gasteiger partial charge in [-0.1, -0.05) is 53.5 Å². The van der Waals surface area contributed by atoms with Crippen molar-refractivity contribution in [1.29, 1.82) is 0 Å². The minimum absolute atomic E-state index is 0.0285. The van der Waals surface area contributed by atoms with Crippen LogP contribution in [0.3, 0.4) is 0 Å². The lowest BCUT2D eigenvalue weighted by molar-refractivity contribution is -0.147. The van der Waals surface area contributed by atoms with Gasteiger partial charge in [0.1, 0.15) is 12.2 Å². The number of anilines is 2. The number of carbonyl (C=O) groups is 3. The fourth-order valence-corrected chi connectivity index (χ4v) is 4.42. The van der Waals surface area contributed by atoms with Gasteiger partial charge < -0.3 is 20.1 Å². The molecule has 0 saturated carbocycles. The summed E-state index contributed by atoms with van der Waals surface area (Å²) in [5.74, 6) is -1.93. The van der Waals surface area contributed by atoms with Crippen LogP contribution in [0.15, 0.2) is 66.7 Å². The number of rotatable bonds is 6. The summed E-state index contributed by atoms with van der Waals surface area (Å²) in [6.45, 7) is 1.42. The largest absolute Gasteiger partial charge is 0.481 e. The topological polar surface area (TPSA) is 95.9 Å². The third-order valence-corrected chi connectivity index (χ3v) is 6.17. The summed E-state index contributed by atoms with van der Waals surface area (Å²) in [4.78, 5) is 38.3. The molecule has 1 unspecified atom stereocenters. The third kappa shape index (κ3) is 5.65. The number of carboxylic acids is 1. The number of nitrogens with one attached hydrogen (secondary N) is 1. The van der Waals surface area contributed by atoms with Gasteiger partial charge in [0.2, 0.25) is 5.91 Å². The number of benzene rings is 3. The van der Waals surface area contributed by atoms with Gasteiger partial charge in [0.15, 0.2) is 0 Å². The Hall–Kier alpha value is -3.39. The molecule has 35 heavy (non-hydrogen) atoms. The van der Waals surface area contributed by atoms with Crippen LogP contribution < -0.4 is 10.2 Å². The molecule has 0 aliphatic carbocycles. The van der Waals surface area contributed by atoms with E-state index < -0.39 is 30.5 Å². The van der Waals surface area contributed by atoms with Gasteiger partial charge in [0, 0.05) is 28.2 Å². The zero-order valence-corrected chi connectivity index (χ0v) is 20.2. The summed E-state index contributed by atoms with van der Waals surface area (Å²) in [5, 5.41) is 13.0. The van der Waals surface area contributed by atoms with Gasteiger partial charge in [-0.3, -0.25) is 14.4 Å². The standard InChI is InChI=1S/C26H22Cl2N2O5/c1-15(31)29-19-8-9-21(28)17(11-19)14-30-22-10-7-18(27)12-20(22)25(16-5-3-2-4-6-16)35-23(26(30)34)13-24(32)33/h2-12,23,25H,13-14H2,1H3,(H,29,31)(H,32,33)/t23?,25-/m0/s1.